The number of rotatable bonds is 3. The number of nitrogens with one attached hydrogen (secondary N) is 2. The Balaban J connectivity index is 1.32. The molecule has 0 amide bonds. The van der Waals surface area contributed by atoms with Gasteiger partial charge in [0.15, 0.2) is 0 Å². The van der Waals surface area contributed by atoms with Crippen LogP contribution in [0.5, 0.6) is 0 Å². The minimum absolute atomic E-state index is 1.02. The summed E-state index contributed by atoms with van der Waals surface area (Å²) < 4.78 is 1.28. The maximum absolute atomic E-state index is 3.69. The van der Waals surface area contributed by atoms with E-state index in [2.05, 4.69) is 40.2 Å². The van der Waals surface area contributed by atoms with Gasteiger partial charge in [0, 0.05) is 22.4 Å². The van der Waals surface area contributed by atoms with Crippen LogP contribution in [-0.2, 0) is 6.54 Å². The lowest BCUT2D eigenvalue weighted by molar-refractivity contribution is -1.03. The highest BCUT2D eigenvalue weighted by Crippen LogP contribution is 2.43. The number of hydrogen-bond acceptors (Lipinski definition) is 0. The van der Waals surface area contributed by atoms with Crippen molar-refractivity contribution in [1.82, 2.24) is 0 Å². The predicted octanol–water partition coefficient (Wildman–Crippen LogP) is 0.921. The highest BCUT2D eigenvalue weighted by Gasteiger charge is 2.46. The van der Waals surface area contributed by atoms with Crippen LogP contribution in [-0.4, -0.2) is 32.2 Å². The molecule has 0 unspecified atom stereocenters. The molecule has 3 fully saturated rings. The minimum Gasteiger partial charge on any atom is -0.323 e. The molecule has 114 valence electrons. The Morgan fingerprint density at radius 1 is 1.00 bits per heavy atom. The first kappa shape index (κ1) is 14.2. The van der Waals surface area contributed by atoms with E-state index in [1.165, 1.54) is 55.6 Å². The zero-order valence-electron chi connectivity index (χ0n) is 12.8. The number of quaternary nitrogens is 2. The summed E-state index contributed by atoms with van der Waals surface area (Å²) in [7, 11) is 0. The summed E-state index contributed by atoms with van der Waals surface area (Å²) >= 11 is 3.69. The molecule has 1 saturated heterocycles. The molecule has 1 aromatic rings. The van der Waals surface area contributed by atoms with Gasteiger partial charge in [-0.1, -0.05) is 34.1 Å². The molecule has 2 bridgehead atoms. The fraction of sp³-hybridized carbons (Fsp3) is 0.667. The Morgan fingerprint density at radius 3 is 2.48 bits per heavy atom. The third-order valence-corrected chi connectivity index (χ3v) is 7.03. The van der Waals surface area contributed by atoms with E-state index in [4.69, 9.17) is 0 Å². The highest BCUT2D eigenvalue weighted by atomic mass is 79.9. The quantitative estimate of drug-likeness (QED) is 0.802. The van der Waals surface area contributed by atoms with Gasteiger partial charge in [0.25, 0.3) is 0 Å². The van der Waals surface area contributed by atoms with Crippen LogP contribution >= 0.6 is 15.9 Å². The third kappa shape index (κ3) is 2.93. The summed E-state index contributed by atoms with van der Waals surface area (Å²) in [5.74, 6) is 2.17. The number of halogens is 1. The first-order chi connectivity index (χ1) is 10.3. The molecule has 2 aliphatic carbocycles. The summed E-state index contributed by atoms with van der Waals surface area (Å²) in [6.07, 6.45) is 6.17. The Bertz CT molecular complexity index is 496. The Kier molecular flexibility index (Phi) is 4.08. The summed E-state index contributed by atoms with van der Waals surface area (Å²) in [5, 5.41) is 0. The van der Waals surface area contributed by atoms with Crippen LogP contribution in [0, 0.1) is 11.8 Å². The predicted molar refractivity (Wildman–Crippen MR) is 88.5 cm³/mol. The Hall–Kier alpha value is -0.380. The fourth-order valence-electron chi connectivity index (χ4n) is 5.13. The molecule has 1 aliphatic heterocycles. The SMILES string of the molecule is Brc1ccccc1C[NH+]1CC[NH+]([C@H]2C[C@H]3CC[C@@H]2C3)CC1. The van der Waals surface area contributed by atoms with Crippen molar-refractivity contribution in [2.24, 2.45) is 11.8 Å². The molecule has 0 aromatic heterocycles. The van der Waals surface area contributed by atoms with Crippen LogP contribution in [0.25, 0.3) is 0 Å². The van der Waals surface area contributed by atoms with Crippen molar-refractivity contribution in [2.45, 2.75) is 38.3 Å². The van der Waals surface area contributed by atoms with Crippen LogP contribution in [0.15, 0.2) is 28.7 Å². The zero-order chi connectivity index (χ0) is 14.2. The average molecular weight is 351 g/mol. The molecular weight excluding hydrogens is 324 g/mol. The van der Waals surface area contributed by atoms with E-state index >= 15 is 0 Å². The molecule has 2 saturated carbocycles. The second kappa shape index (κ2) is 6.02. The largest absolute Gasteiger partial charge is 0.323 e. The summed E-state index contributed by atoms with van der Waals surface area (Å²) in [4.78, 5) is 3.71. The van der Waals surface area contributed by atoms with Gasteiger partial charge in [0.1, 0.15) is 32.7 Å². The van der Waals surface area contributed by atoms with Gasteiger partial charge in [-0.3, -0.25) is 0 Å². The van der Waals surface area contributed by atoms with E-state index in [1.54, 1.807) is 17.7 Å². The smallest absolute Gasteiger partial charge is 0.127 e. The zero-order valence-corrected chi connectivity index (χ0v) is 14.4. The summed E-state index contributed by atoms with van der Waals surface area (Å²) in [6.45, 7) is 6.68. The molecule has 4 rings (SSSR count). The van der Waals surface area contributed by atoms with Crippen LogP contribution in [0.2, 0.25) is 0 Å². The molecule has 1 heterocycles. The lowest BCUT2D eigenvalue weighted by Gasteiger charge is -2.36. The van der Waals surface area contributed by atoms with E-state index in [0.717, 1.165) is 17.9 Å². The van der Waals surface area contributed by atoms with Crippen molar-refractivity contribution in [3.63, 3.8) is 0 Å². The number of benzene rings is 1. The molecule has 3 heteroatoms. The average Bonchev–Trinajstić information content (AvgIpc) is 3.13. The van der Waals surface area contributed by atoms with E-state index in [0.29, 0.717) is 0 Å². The maximum atomic E-state index is 3.69. The first-order valence-electron chi connectivity index (χ1n) is 8.71. The fourth-order valence-corrected chi connectivity index (χ4v) is 5.55. The van der Waals surface area contributed by atoms with Crippen molar-refractivity contribution >= 4 is 15.9 Å². The lowest BCUT2D eigenvalue weighted by Crippen LogP contribution is -3.29. The molecule has 0 spiro atoms. The van der Waals surface area contributed by atoms with Gasteiger partial charge < -0.3 is 9.80 Å². The summed E-state index contributed by atoms with van der Waals surface area (Å²) in [5.41, 5.74) is 1.47. The van der Waals surface area contributed by atoms with Crippen LogP contribution in [0.4, 0.5) is 0 Å². The van der Waals surface area contributed by atoms with Gasteiger partial charge in [-0.15, -0.1) is 0 Å². The standard InChI is InChI=1S/C18H25BrN2/c19-17-4-2-1-3-16(17)13-20-7-9-21(10-8-20)18-12-14-5-6-15(18)11-14/h1-4,14-15,18H,5-13H2/p+2/t14-,15+,18-/m0/s1. The Morgan fingerprint density at radius 2 is 1.81 bits per heavy atom. The van der Waals surface area contributed by atoms with Gasteiger partial charge in [0.05, 0.1) is 6.04 Å². The molecule has 1 aromatic carbocycles. The molecule has 3 aliphatic rings. The van der Waals surface area contributed by atoms with Gasteiger partial charge >= 0.3 is 0 Å². The summed E-state index contributed by atoms with van der Waals surface area (Å²) in [6, 6.07) is 9.74. The molecular formula is C18H27BrN2+2. The van der Waals surface area contributed by atoms with Crippen molar-refractivity contribution in [3.8, 4) is 0 Å². The van der Waals surface area contributed by atoms with Crippen molar-refractivity contribution in [2.75, 3.05) is 26.2 Å². The van der Waals surface area contributed by atoms with E-state index < -0.39 is 0 Å². The monoisotopic (exact) mass is 350 g/mol. The van der Waals surface area contributed by atoms with E-state index in [9.17, 15) is 0 Å². The number of fused-ring (bicyclic) bond motifs is 2. The van der Waals surface area contributed by atoms with E-state index in [1.807, 2.05) is 4.90 Å². The number of hydrogen-bond donors (Lipinski definition) is 2. The molecule has 3 atom stereocenters. The van der Waals surface area contributed by atoms with Crippen molar-refractivity contribution in [1.29, 1.82) is 0 Å². The van der Waals surface area contributed by atoms with Crippen molar-refractivity contribution < 1.29 is 9.80 Å². The topological polar surface area (TPSA) is 8.88 Å². The number of piperazine rings is 1. The van der Waals surface area contributed by atoms with Gasteiger partial charge in [-0.25, -0.2) is 0 Å². The Labute approximate surface area is 136 Å². The van der Waals surface area contributed by atoms with Gasteiger partial charge in [-0.05, 0) is 31.2 Å². The van der Waals surface area contributed by atoms with Gasteiger partial charge in [0.2, 0.25) is 0 Å². The van der Waals surface area contributed by atoms with Crippen molar-refractivity contribution in [3.05, 3.63) is 34.3 Å². The second-order valence-corrected chi connectivity index (χ2v) is 8.31. The molecule has 2 nitrogen and oxygen atoms in total. The maximum Gasteiger partial charge on any atom is 0.127 e. The van der Waals surface area contributed by atoms with Crippen LogP contribution < -0.4 is 9.80 Å². The molecule has 2 N–H and O–H groups in total. The molecule has 0 radical (unpaired) electrons. The lowest BCUT2D eigenvalue weighted by atomic mass is 9.93. The van der Waals surface area contributed by atoms with Gasteiger partial charge in [-0.2, -0.15) is 0 Å². The molecule has 21 heavy (non-hydrogen) atoms. The second-order valence-electron chi connectivity index (χ2n) is 7.46. The minimum atomic E-state index is 1.02. The first-order valence-corrected chi connectivity index (χ1v) is 9.50. The van der Waals surface area contributed by atoms with Crippen LogP contribution in [0.1, 0.15) is 31.2 Å². The highest BCUT2D eigenvalue weighted by molar-refractivity contribution is 9.10. The van der Waals surface area contributed by atoms with Crippen LogP contribution in [0.3, 0.4) is 0 Å². The normalized spacial score (nSPS) is 38.8. The van der Waals surface area contributed by atoms with E-state index in [-0.39, 0.29) is 0 Å². The third-order valence-electron chi connectivity index (χ3n) is 6.26.